The topological polar surface area (TPSA) is 59.0 Å². The number of rotatable bonds is 10. The number of aromatic carboxylic acids is 1. The van der Waals surface area contributed by atoms with Crippen molar-refractivity contribution in [1.29, 1.82) is 0 Å². The van der Waals surface area contributed by atoms with Crippen molar-refractivity contribution >= 4 is 5.97 Å². The third-order valence-electron chi connectivity index (χ3n) is 2.98. The minimum absolute atomic E-state index is 0.271. The van der Waals surface area contributed by atoms with Gasteiger partial charge in [0.05, 0.1) is 24.9 Å². The van der Waals surface area contributed by atoms with Crippen molar-refractivity contribution in [3.05, 3.63) is 29.8 Å². The van der Waals surface area contributed by atoms with Gasteiger partial charge in [0.1, 0.15) is 5.75 Å². The molecule has 0 amide bonds. The molecule has 0 aliphatic heterocycles. The molecule has 1 aromatic carbocycles. The van der Waals surface area contributed by atoms with E-state index < -0.39 is 5.97 Å². The first-order chi connectivity index (χ1) is 9.99. The second-order valence-electron chi connectivity index (χ2n) is 5.25. The molecule has 0 aliphatic carbocycles. The van der Waals surface area contributed by atoms with Crippen molar-refractivity contribution < 1.29 is 19.4 Å². The second-order valence-corrected chi connectivity index (χ2v) is 5.25. The quantitative estimate of drug-likeness (QED) is 0.672. The van der Waals surface area contributed by atoms with Crippen LogP contribution in [0.2, 0.25) is 0 Å². The Morgan fingerprint density at radius 2 is 1.86 bits per heavy atom. The van der Waals surface area contributed by atoms with Gasteiger partial charge in [-0.25, -0.2) is 4.79 Å². The van der Waals surface area contributed by atoms with Gasteiger partial charge >= 0.3 is 5.97 Å². The number of carboxylic acid groups (broad SMARTS) is 1. The van der Waals surface area contributed by atoms with Crippen LogP contribution in [-0.4, -0.2) is 55.4 Å². The standard InChI is InChI=1S/C16H25NO4/c1-13(2)20-12-10-17(3)9-4-11-21-15-7-5-14(6-8-15)16(18)19/h5-8,13H,4,9-12H2,1-3H3,(H,18,19). The summed E-state index contributed by atoms with van der Waals surface area (Å²) in [5.74, 6) is -0.224. The predicted octanol–water partition coefficient (Wildman–Crippen LogP) is 2.51. The van der Waals surface area contributed by atoms with Gasteiger partial charge in [-0.3, -0.25) is 0 Å². The zero-order chi connectivity index (χ0) is 15.7. The zero-order valence-corrected chi connectivity index (χ0v) is 13.0. The van der Waals surface area contributed by atoms with E-state index in [0.717, 1.165) is 26.1 Å². The third-order valence-corrected chi connectivity index (χ3v) is 2.98. The molecule has 1 N–H and O–H groups in total. The van der Waals surface area contributed by atoms with E-state index in [1.807, 2.05) is 13.8 Å². The number of likely N-dealkylation sites (N-methyl/N-ethyl adjacent to an activating group) is 1. The van der Waals surface area contributed by atoms with E-state index in [4.69, 9.17) is 14.6 Å². The number of carboxylic acids is 1. The van der Waals surface area contributed by atoms with Crippen LogP contribution in [0.5, 0.6) is 5.75 Å². The molecule has 1 rings (SSSR count). The minimum Gasteiger partial charge on any atom is -0.494 e. The molecule has 1 aromatic rings. The van der Waals surface area contributed by atoms with E-state index in [2.05, 4.69) is 11.9 Å². The highest BCUT2D eigenvalue weighted by Crippen LogP contribution is 2.12. The number of hydrogen-bond donors (Lipinski definition) is 1. The molecule has 0 aromatic heterocycles. The Morgan fingerprint density at radius 1 is 1.19 bits per heavy atom. The SMILES string of the molecule is CC(C)OCCN(C)CCCOc1ccc(C(=O)O)cc1. The molecule has 0 bridgehead atoms. The zero-order valence-electron chi connectivity index (χ0n) is 13.0. The summed E-state index contributed by atoms with van der Waals surface area (Å²) in [6, 6.07) is 6.47. The number of carbonyl (C=O) groups is 1. The molecular formula is C16H25NO4. The van der Waals surface area contributed by atoms with E-state index in [1.165, 1.54) is 0 Å². The first kappa shape index (κ1) is 17.5. The molecule has 0 spiro atoms. The molecule has 0 aliphatic rings. The van der Waals surface area contributed by atoms with Gasteiger partial charge < -0.3 is 19.5 Å². The third kappa shape index (κ3) is 7.68. The van der Waals surface area contributed by atoms with E-state index in [-0.39, 0.29) is 11.7 Å². The molecule has 0 fully saturated rings. The van der Waals surface area contributed by atoms with Crippen molar-refractivity contribution in [1.82, 2.24) is 4.90 Å². The van der Waals surface area contributed by atoms with E-state index in [9.17, 15) is 4.79 Å². The van der Waals surface area contributed by atoms with Gasteiger partial charge in [-0.05, 0) is 51.6 Å². The number of ether oxygens (including phenoxy) is 2. The van der Waals surface area contributed by atoms with Crippen molar-refractivity contribution in [2.45, 2.75) is 26.4 Å². The number of benzene rings is 1. The Bertz CT molecular complexity index is 417. The molecule has 0 heterocycles. The lowest BCUT2D eigenvalue weighted by Gasteiger charge is -2.17. The van der Waals surface area contributed by atoms with Crippen LogP contribution in [0.3, 0.4) is 0 Å². The summed E-state index contributed by atoms with van der Waals surface area (Å²) in [5.41, 5.74) is 0.271. The van der Waals surface area contributed by atoms with Gasteiger partial charge in [0.15, 0.2) is 0 Å². The van der Waals surface area contributed by atoms with Gasteiger partial charge in [0.25, 0.3) is 0 Å². The summed E-state index contributed by atoms with van der Waals surface area (Å²) >= 11 is 0. The van der Waals surface area contributed by atoms with Gasteiger partial charge in [0, 0.05) is 13.1 Å². The monoisotopic (exact) mass is 295 g/mol. The molecular weight excluding hydrogens is 270 g/mol. The van der Waals surface area contributed by atoms with E-state index in [0.29, 0.717) is 12.4 Å². The molecule has 118 valence electrons. The summed E-state index contributed by atoms with van der Waals surface area (Å²) < 4.78 is 11.1. The first-order valence-electron chi connectivity index (χ1n) is 7.25. The maximum atomic E-state index is 10.7. The van der Waals surface area contributed by atoms with Crippen molar-refractivity contribution in [2.24, 2.45) is 0 Å². The van der Waals surface area contributed by atoms with Crippen LogP contribution < -0.4 is 4.74 Å². The largest absolute Gasteiger partial charge is 0.494 e. The molecule has 5 nitrogen and oxygen atoms in total. The highest BCUT2D eigenvalue weighted by Gasteiger charge is 2.03. The predicted molar refractivity (Wildman–Crippen MR) is 82.1 cm³/mol. The lowest BCUT2D eigenvalue weighted by Crippen LogP contribution is -2.26. The Balaban J connectivity index is 2.14. The normalized spacial score (nSPS) is 11.1. The molecule has 0 atom stereocenters. The summed E-state index contributed by atoms with van der Waals surface area (Å²) in [5, 5.41) is 8.80. The Labute approximate surface area is 126 Å². The Morgan fingerprint density at radius 3 is 2.43 bits per heavy atom. The summed E-state index contributed by atoms with van der Waals surface area (Å²) in [7, 11) is 2.06. The van der Waals surface area contributed by atoms with Crippen LogP contribution in [-0.2, 0) is 4.74 Å². The maximum absolute atomic E-state index is 10.7. The van der Waals surface area contributed by atoms with Gasteiger partial charge in [0.2, 0.25) is 0 Å². The number of nitrogens with zero attached hydrogens (tertiary/aromatic N) is 1. The fourth-order valence-electron chi connectivity index (χ4n) is 1.77. The van der Waals surface area contributed by atoms with Crippen LogP contribution in [0.15, 0.2) is 24.3 Å². The highest BCUT2D eigenvalue weighted by molar-refractivity contribution is 5.87. The van der Waals surface area contributed by atoms with Crippen LogP contribution in [0, 0.1) is 0 Å². The minimum atomic E-state index is -0.924. The summed E-state index contributed by atoms with van der Waals surface area (Å²) in [6.45, 7) is 7.26. The first-order valence-corrected chi connectivity index (χ1v) is 7.25. The molecule has 21 heavy (non-hydrogen) atoms. The fraction of sp³-hybridized carbons (Fsp3) is 0.562. The van der Waals surface area contributed by atoms with Gasteiger partial charge in [-0.1, -0.05) is 0 Å². The fourth-order valence-corrected chi connectivity index (χ4v) is 1.77. The Kier molecular flexibility index (Phi) is 7.79. The maximum Gasteiger partial charge on any atom is 0.335 e. The smallest absolute Gasteiger partial charge is 0.335 e. The summed E-state index contributed by atoms with van der Waals surface area (Å²) in [6.07, 6.45) is 1.19. The number of hydrogen-bond acceptors (Lipinski definition) is 4. The van der Waals surface area contributed by atoms with Crippen LogP contribution >= 0.6 is 0 Å². The van der Waals surface area contributed by atoms with Crippen LogP contribution in [0.1, 0.15) is 30.6 Å². The van der Waals surface area contributed by atoms with Crippen LogP contribution in [0.25, 0.3) is 0 Å². The average Bonchev–Trinajstić information content (AvgIpc) is 2.43. The van der Waals surface area contributed by atoms with Gasteiger partial charge in [-0.15, -0.1) is 0 Å². The van der Waals surface area contributed by atoms with Crippen LogP contribution in [0.4, 0.5) is 0 Å². The highest BCUT2D eigenvalue weighted by atomic mass is 16.5. The molecule has 0 saturated heterocycles. The lowest BCUT2D eigenvalue weighted by molar-refractivity contribution is 0.0630. The molecule has 5 heteroatoms. The summed E-state index contributed by atoms with van der Waals surface area (Å²) in [4.78, 5) is 12.9. The molecule has 0 radical (unpaired) electrons. The van der Waals surface area contributed by atoms with E-state index >= 15 is 0 Å². The van der Waals surface area contributed by atoms with Crippen molar-refractivity contribution in [3.8, 4) is 5.75 Å². The molecule has 0 saturated carbocycles. The lowest BCUT2D eigenvalue weighted by atomic mass is 10.2. The van der Waals surface area contributed by atoms with Crippen molar-refractivity contribution in [2.75, 3.05) is 33.4 Å². The molecule has 0 unspecified atom stereocenters. The second kappa shape index (κ2) is 9.37. The van der Waals surface area contributed by atoms with Crippen molar-refractivity contribution in [3.63, 3.8) is 0 Å². The van der Waals surface area contributed by atoms with Gasteiger partial charge in [-0.2, -0.15) is 0 Å². The Hall–Kier alpha value is -1.59. The van der Waals surface area contributed by atoms with E-state index in [1.54, 1.807) is 24.3 Å². The average molecular weight is 295 g/mol.